The van der Waals surface area contributed by atoms with E-state index >= 15 is 0 Å². The van der Waals surface area contributed by atoms with Crippen molar-refractivity contribution in [1.29, 1.82) is 0 Å². The zero-order chi connectivity index (χ0) is 18.6. The minimum absolute atomic E-state index is 0.446. The number of aromatic nitrogens is 4. The van der Waals surface area contributed by atoms with Crippen LogP contribution >= 0.6 is 0 Å². The molecule has 7 nitrogen and oxygen atoms in total. The van der Waals surface area contributed by atoms with Gasteiger partial charge in [-0.25, -0.2) is 0 Å². The fourth-order valence-corrected chi connectivity index (χ4v) is 2.72. The number of anilines is 1. The van der Waals surface area contributed by atoms with Crippen LogP contribution in [0, 0.1) is 0 Å². The Morgan fingerprint density at radius 2 is 1.54 bits per heavy atom. The molecule has 0 saturated carbocycles. The molecule has 0 spiro atoms. The molecule has 1 atom stereocenters. The monoisotopic (exact) mass is 353 g/mol. The maximum atomic E-state index is 5.22. The molecule has 0 bridgehead atoms. The first-order valence-electron chi connectivity index (χ1n) is 8.45. The number of hydrogen-bond donors (Lipinski definition) is 1. The van der Waals surface area contributed by atoms with Gasteiger partial charge < -0.3 is 14.8 Å². The summed E-state index contributed by atoms with van der Waals surface area (Å²) in [6.07, 6.45) is 0.801. The zero-order valence-electron chi connectivity index (χ0n) is 15.4. The van der Waals surface area contributed by atoms with E-state index in [9.17, 15) is 0 Å². The molecule has 2 aromatic carbocycles. The Hall–Kier alpha value is -3.09. The van der Waals surface area contributed by atoms with Crippen molar-refractivity contribution in [2.24, 2.45) is 0 Å². The van der Waals surface area contributed by atoms with Gasteiger partial charge in [0.1, 0.15) is 11.5 Å². The lowest BCUT2D eigenvalue weighted by Crippen LogP contribution is -2.34. The molecule has 3 aromatic rings. The van der Waals surface area contributed by atoms with E-state index in [1.807, 2.05) is 48.5 Å². The van der Waals surface area contributed by atoms with Gasteiger partial charge in [0.15, 0.2) is 5.82 Å². The summed E-state index contributed by atoms with van der Waals surface area (Å²) in [5, 5.41) is 15.9. The number of rotatable bonds is 7. The van der Waals surface area contributed by atoms with Gasteiger partial charge in [0, 0.05) is 5.69 Å². The van der Waals surface area contributed by atoms with Gasteiger partial charge in [0.05, 0.1) is 25.4 Å². The molecule has 7 heteroatoms. The molecule has 0 amide bonds. The average Bonchev–Trinajstić information content (AvgIpc) is 3.19. The molecule has 0 saturated heterocycles. The lowest BCUT2D eigenvalue weighted by molar-refractivity contribution is 0.414. The molecule has 1 N–H and O–H groups in total. The van der Waals surface area contributed by atoms with E-state index in [-0.39, 0.29) is 0 Å². The second kappa shape index (κ2) is 7.43. The largest absolute Gasteiger partial charge is 0.497 e. The molecule has 136 valence electrons. The summed E-state index contributed by atoms with van der Waals surface area (Å²) in [4.78, 5) is 0. The maximum Gasteiger partial charge on any atom is 0.181 e. The lowest BCUT2D eigenvalue weighted by Gasteiger charge is -2.29. The Balaban J connectivity index is 1.92. The molecule has 1 heterocycles. The highest BCUT2D eigenvalue weighted by Crippen LogP contribution is 2.30. The average molecular weight is 353 g/mol. The van der Waals surface area contributed by atoms with Gasteiger partial charge in [0.2, 0.25) is 0 Å². The predicted octanol–water partition coefficient (Wildman–Crippen LogP) is 3.42. The Morgan fingerprint density at radius 3 is 2.08 bits per heavy atom. The van der Waals surface area contributed by atoms with Crippen LogP contribution in [-0.4, -0.2) is 34.4 Å². The number of nitrogens with zero attached hydrogens (tertiary/aromatic N) is 4. The van der Waals surface area contributed by atoms with Crippen molar-refractivity contribution in [1.82, 2.24) is 20.2 Å². The topological polar surface area (TPSA) is 74.1 Å². The Labute approximate surface area is 152 Å². The Morgan fingerprint density at radius 1 is 0.962 bits per heavy atom. The van der Waals surface area contributed by atoms with Crippen LogP contribution in [0.4, 0.5) is 5.69 Å². The smallest absolute Gasteiger partial charge is 0.181 e. The van der Waals surface area contributed by atoms with Crippen molar-refractivity contribution < 1.29 is 9.47 Å². The highest BCUT2D eigenvalue weighted by Gasteiger charge is 2.31. The van der Waals surface area contributed by atoms with Crippen molar-refractivity contribution in [3.05, 3.63) is 54.4 Å². The normalized spacial score (nSPS) is 13.1. The summed E-state index contributed by atoms with van der Waals surface area (Å²) in [5.74, 6) is 2.34. The minimum Gasteiger partial charge on any atom is -0.497 e. The summed E-state index contributed by atoms with van der Waals surface area (Å²) < 4.78 is 12.2. The summed E-state index contributed by atoms with van der Waals surface area (Å²) in [7, 11) is 3.30. The van der Waals surface area contributed by atoms with Crippen LogP contribution in [0.3, 0.4) is 0 Å². The maximum absolute atomic E-state index is 5.22. The summed E-state index contributed by atoms with van der Waals surface area (Å²) in [5.41, 5.74) is 1.40. The van der Waals surface area contributed by atoms with E-state index in [0.717, 1.165) is 35.1 Å². The standard InChI is InChI=1S/C19H23N5O2/c1-5-19(2,20-14-6-10-16(25-3)11-7-14)18-21-22-23-24(18)15-8-12-17(26-4)13-9-15/h6-13,20H,5H2,1-4H3/t19-/m0/s1. The summed E-state index contributed by atoms with van der Waals surface area (Å²) >= 11 is 0. The van der Waals surface area contributed by atoms with Crippen LogP contribution in [0.2, 0.25) is 0 Å². The van der Waals surface area contributed by atoms with Crippen molar-refractivity contribution in [3.8, 4) is 17.2 Å². The molecule has 0 aliphatic carbocycles. The molecule has 0 radical (unpaired) electrons. The van der Waals surface area contributed by atoms with Gasteiger partial charge >= 0.3 is 0 Å². The van der Waals surface area contributed by atoms with Crippen LogP contribution in [0.5, 0.6) is 11.5 Å². The molecule has 0 aliphatic rings. The van der Waals surface area contributed by atoms with Gasteiger partial charge in [-0.15, -0.1) is 5.10 Å². The molecule has 0 fully saturated rings. The van der Waals surface area contributed by atoms with Gasteiger partial charge in [-0.3, -0.25) is 0 Å². The first-order chi connectivity index (χ1) is 12.6. The number of benzene rings is 2. The van der Waals surface area contributed by atoms with Crippen LogP contribution in [-0.2, 0) is 5.54 Å². The molecule has 3 rings (SSSR count). The van der Waals surface area contributed by atoms with E-state index in [1.54, 1.807) is 18.9 Å². The number of ether oxygens (including phenoxy) is 2. The molecule has 0 unspecified atom stereocenters. The van der Waals surface area contributed by atoms with E-state index in [0.29, 0.717) is 0 Å². The van der Waals surface area contributed by atoms with Crippen molar-refractivity contribution in [2.45, 2.75) is 25.8 Å². The Bertz CT molecular complexity index is 845. The van der Waals surface area contributed by atoms with Gasteiger partial charge in [-0.1, -0.05) is 6.92 Å². The third kappa shape index (κ3) is 3.46. The molecule has 0 aliphatic heterocycles. The van der Waals surface area contributed by atoms with E-state index in [1.165, 1.54) is 0 Å². The van der Waals surface area contributed by atoms with E-state index in [4.69, 9.17) is 9.47 Å². The number of nitrogens with one attached hydrogen (secondary N) is 1. The second-order valence-electron chi connectivity index (χ2n) is 6.15. The van der Waals surface area contributed by atoms with Crippen molar-refractivity contribution >= 4 is 5.69 Å². The van der Waals surface area contributed by atoms with Crippen LogP contribution in [0.15, 0.2) is 48.5 Å². The molecular weight excluding hydrogens is 330 g/mol. The SMILES string of the molecule is CC[C@](C)(Nc1ccc(OC)cc1)c1nnnn1-c1ccc(OC)cc1. The molecule has 1 aromatic heterocycles. The third-order valence-electron chi connectivity index (χ3n) is 4.50. The van der Waals surface area contributed by atoms with Gasteiger partial charge in [-0.2, -0.15) is 4.68 Å². The second-order valence-corrected chi connectivity index (χ2v) is 6.15. The quantitative estimate of drug-likeness (QED) is 0.701. The van der Waals surface area contributed by atoms with Crippen molar-refractivity contribution in [2.75, 3.05) is 19.5 Å². The number of tetrazole rings is 1. The van der Waals surface area contributed by atoms with E-state index < -0.39 is 5.54 Å². The highest BCUT2D eigenvalue weighted by molar-refractivity contribution is 5.49. The number of hydrogen-bond acceptors (Lipinski definition) is 6. The minimum atomic E-state index is -0.446. The molecular formula is C19H23N5O2. The Kier molecular flexibility index (Phi) is 5.06. The van der Waals surface area contributed by atoms with Crippen LogP contribution in [0.1, 0.15) is 26.1 Å². The lowest BCUT2D eigenvalue weighted by atomic mass is 9.97. The van der Waals surface area contributed by atoms with Gasteiger partial charge in [-0.05, 0) is 72.3 Å². The van der Waals surface area contributed by atoms with Crippen LogP contribution in [0.25, 0.3) is 5.69 Å². The number of methoxy groups -OCH3 is 2. The third-order valence-corrected chi connectivity index (χ3v) is 4.50. The highest BCUT2D eigenvalue weighted by atomic mass is 16.5. The zero-order valence-corrected chi connectivity index (χ0v) is 15.4. The molecule has 26 heavy (non-hydrogen) atoms. The predicted molar refractivity (Wildman–Crippen MR) is 100.0 cm³/mol. The first-order valence-corrected chi connectivity index (χ1v) is 8.45. The van der Waals surface area contributed by atoms with E-state index in [2.05, 4.69) is 34.7 Å². The fourth-order valence-electron chi connectivity index (χ4n) is 2.72. The van der Waals surface area contributed by atoms with Crippen LogP contribution < -0.4 is 14.8 Å². The summed E-state index contributed by atoms with van der Waals surface area (Å²) in [6, 6.07) is 15.4. The first kappa shape index (κ1) is 17.7. The summed E-state index contributed by atoms with van der Waals surface area (Å²) in [6.45, 7) is 4.19. The van der Waals surface area contributed by atoms with Crippen molar-refractivity contribution in [3.63, 3.8) is 0 Å². The van der Waals surface area contributed by atoms with Gasteiger partial charge in [0.25, 0.3) is 0 Å². The fraction of sp³-hybridized carbons (Fsp3) is 0.316.